The number of rotatable bonds is 6. The minimum Gasteiger partial charge on any atom is -0.495 e. The number of aromatic nitrogens is 2. The van der Waals surface area contributed by atoms with E-state index in [1.54, 1.807) is 18.9 Å². The lowest BCUT2D eigenvalue weighted by molar-refractivity contribution is -0.130. The molecule has 1 aliphatic rings. The Kier molecular flexibility index (Phi) is 5.49. The standard InChI is InChI=1S/C14H17N3O3S2/c1-18-12-5-3-2-4-11(12)15-13-16-17-14(22-13)21-8-10-6-7-19-9-20-10/h2-5,10H,6-9H2,1H3,(H,15,16)/t10-/m0/s1. The Balaban J connectivity index is 1.56. The van der Waals surface area contributed by atoms with Crippen LogP contribution in [-0.4, -0.2) is 42.6 Å². The van der Waals surface area contributed by atoms with Crippen LogP contribution in [0.5, 0.6) is 5.75 Å². The van der Waals surface area contributed by atoms with Crippen molar-refractivity contribution in [1.82, 2.24) is 10.2 Å². The molecule has 0 aliphatic carbocycles. The summed E-state index contributed by atoms with van der Waals surface area (Å²) in [6.07, 6.45) is 1.16. The first-order chi connectivity index (χ1) is 10.8. The number of nitrogens with zero attached hydrogens (tertiary/aromatic N) is 2. The van der Waals surface area contributed by atoms with E-state index in [1.165, 1.54) is 11.3 Å². The Bertz CT molecular complexity index is 603. The fraction of sp³-hybridized carbons (Fsp3) is 0.429. The molecule has 1 atom stereocenters. The number of ether oxygens (including phenoxy) is 3. The predicted molar refractivity (Wildman–Crippen MR) is 87.2 cm³/mol. The van der Waals surface area contributed by atoms with E-state index in [-0.39, 0.29) is 6.10 Å². The minimum atomic E-state index is 0.230. The molecule has 1 aromatic heterocycles. The number of benzene rings is 1. The molecule has 8 heteroatoms. The van der Waals surface area contributed by atoms with E-state index < -0.39 is 0 Å². The van der Waals surface area contributed by atoms with Gasteiger partial charge in [0, 0.05) is 5.75 Å². The van der Waals surface area contributed by atoms with Crippen molar-refractivity contribution in [1.29, 1.82) is 0 Å². The fourth-order valence-corrected chi connectivity index (χ4v) is 3.84. The van der Waals surface area contributed by atoms with Gasteiger partial charge in [-0.3, -0.25) is 0 Å². The zero-order valence-electron chi connectivity index (χ0n) is 12.2. The Hall–Kier alpha value is -1.35. The van der Waals surface area contributed by atoms with Crippen LogP contribution in [0.1, 0.15) is 6.42 Å². The summed E-state index contributed by atoms with van der Waals surface area (Å²) in [7, 11) is 1.65. The van der Waals surface area contributed by atoms with E-state index in [2.05, 4.69) is 15.5 Å². The molecule has 0 bridgehead atoms. The summed E-state index contributed by atoms with van der Waals surface area (Å²) >= 11 is 3.18. The second kappa shape index (κ2) is 7.77. The largest absolute Gasteiger partial charge is 0.495 e. The van der Waals surface area contributed by atoms with Crippen LogP contribution in [0.4, 0.5) is 10.8 Å². The van der Waals surface area contributed by atoms with E-state index in [9.17, 15) is 0 Å². The molecule has 1 N–H and O–H groups in total. The van der Waals surface area contributed by atoms with Crippen LogP contribution in [0, 0.1) is 0 Å². The molecule has 3 rings (SSSR count). The number of hydrogen-bond donors (Lipinski definition) is 1. The van der Waals surface area contributed by atoms with Gasteiger partial charge in [0.05, 0.1) is 25.5 Å². The van der Waals surface area contributed by atoms with Gasteiger partial charge in [0.25, 0.3) is 0 Å². The molecule has 1 aromatic carbocycles. The number of thioether (sulfide) groups is 1. The predicted octanol–water partition coefficient (Wildman–Crippen LogP) is 3.15. The van der Waals surface area contributed by atoms with Gasteiger partial charge in [0.1, 0.15) is 12.5 Å². The molecule has 1 saturated heterocycles. The molecule has 0 spiro atoms. The maximum Gasteiger partial charge on any atom is 0.210 e. The lowest BCUT2D eigenvalue weighted by atomic mass is 10.3. The van der Waals surface area contributed by atoms with Crippen LogP contribution in [0.2, 0.25) is 0 Å². The molecule has 0 amide bonds. The molecular formula is C14H17N3O3S2. The SMILES string of the molecule is COc1ccccc1Nc1nnc(SC[C@@H]2CCOCO2)s1. The summed E-state index contributed by atoms with van der Waals surface area (Å²) in [5.41, 5.74) is 0.880. The number of hydrogen-bond acceptors (Lipinski definition) is 8. The van der Waals surface area contributed by atoms with Gasteiger partial charge in [-0.1, -0.05) is 35.2 Å². The maximum atomic E-state index is 5.51. The summed E-state index contributed by atoms with van der Waals surface area (Å²) in [5, 5.41) is 12.3. The van der Waals surface area contributed by atoms with Gasteiger partial charge >= 0.3 is 0 Å². The quantitative estimate of drug-likeness (QED) is 0.811. The molecule has 1 fully saturated rings. The number of methoxy groups -OCH3 is 1. The third kappa shape index (κ3) is 4.10. The highest BCUT2D eigenvalue weighted by Gasteiger charge is 2.16. The summed E-state index contributed by atoms with van der Waals surface area (Å²) < 4.78 is 16.9. The van der Waals surface area contributed by atoms with E-state index in [0.29, 0.717) is 6.79 Å². The van der Waals surface area contributed by atoms with Gasteiger partial charge in [-0.15, -0.1) is 10.2 Å². The lowest BCUT2D eigenvalue weighted by Gasteiger charge is -2.21. The van der Waals surface area contributed by atoms with Crippen LogP contribution < -0.4 is 10.1 Å². The van der Waals surface area contributed by atoms with Crippen molar-refractivity contribution in [2.75, 3.05) is 31.6 Å². The average molecular weight is 339 g/mol. The Labute approximate surface area is 137 Å². The smallest absolute Gasteiger partial charge is 0.210 e. The van der Waals surface area contributed by atoms with Crippen molar-refractivity contribution in [3.63, 3.8) is 0 Å². The summed E-state index contributed by atoms with van der Waals surface area (Å²) in [4.78, 5) is 0. The third-order valence-electron chi connectivity index (χ3n) is 3.12. The first-order valence-corrected chi connectivity index (χ1v) is 8.71. The molecule has 2 heterocycles. The van der Waals surface area contributed by atoms with Crippen LogP contribution in [0.15, 0.2) is 28.6 Å². The van der Waals surface area contributed by atoms with Crippen LogP contribution in [-0.2, 0) is 9.47 Å². The molecule has 0 unspecified atom stereocenters. The second-order valence-corrected chi connectivity index (χ2v) is 6.86. The first-order valence-electron chi connectivity index (χ1n) is 6.91. The molecule has 1 aliphatic heterocycles. The summed E-state index contributed by atoms with van der Waals surface area (Å²) in [6.45, 7) is 1.16. The van der Waals surface area contributed by atoms with Crippen LogP contribution in [0.3, 0.4) is 0 Å². The molecule has 0 radical (unpaired) electrons. The Morgan fingerprint density at radius 2 is 2.32 bits per heavy atom. The minimum absolute atomic E-state index is 0.230. The molecular weight excluding hydrogens is 322 g/mol. The Morgan fingerprint density at radius 1 is 1.41 bits per heavy atom. The van der Waals surface area contributed by atoms with E-state index in [4.69, 9.17) is 14.2 Å². The molecule has 2 aromatic rings. The first kappa shape index (κ1) is 15.5. The number of anilines is 2. The van der Waals surface area contributed by atoms with E-state index >= 15 is 0 Å². The van der Waals surface area contributed by atoms with Gasteiger partial charge < -0.3 is 19.5 Å². The van der Waals surface area contributed by atoms with Crippen molar-refractivity contribution < 1.29 is 14.2 Å². The topological polar surface area (TPSA) is 65.5 Å². The third-order valence-corrected chi connectivity index (χ3v) is 5.22. The highest BCUT2D eigenvalue weighted by molar-refractivity contribution is 8.01. The molecule has 6 nitrogen and oxygen atoms in total. The van der Waals surface area contributed by atoms with Crippen molar-refractivity contribution in [3.05, 3.63) is 24.3 Å². The summed E-state index contributed by atoms with van der Waals surface area (Å²) in [5.74, 6) is 1.65. The van der Waals surface area contributed by atoms with Gasteiger partial charge in [-0.2, -0.15) is 0 Å². The van der Waals surface area contributed by atoms with Gasteiger partial charge in [-0.25, -0.2) is 0 Å². The van der Waals surface area contributed by atoms with Gasteiger partial charge in [-0.05, 0) is 18.6 Å². The van der Waals surface area contributed by atoms with Crippen molar-refractivity contribution in [2.45, 2.75) is 16.9 Å². The number of para-hydroxylation sites is 2. The van der Waals surface area contributed by atoms with E-state index in [0.717, 1.165) is 39.7 Å². The molecule has 118 valence electrons. The second-order valence-electron chi connectivity index (χ2n) is 4.61. The highest BCUT2D eigenvalue weighted by Crippen LogP contribution is 2.32. The summed E-state index contributed by atoms with van der Waals surface area (Å²) in [6, 6.07) is 7.73. The fourth-order valence-electron chi connectivity index (χ4n) is 1.98. The number of nitrogens with one attached hydrogen (secondary N) is 1. The van der Waals surface area contributed by atoms with Crippen molar-refractivity contribution >= 4 is 33.9 Å². The van der Waals surface area contributed by atoms with Gasteiger partial charge in [0.15, 0.2) is 4.34 Å². The van der Waals surface area contributed by atoms with Gasteiger partial charge in [0.2, 0.25) is 5.13 Å². The lowest BCUT2D eigenvalue weighted by Crippen LogP contribution is -2.25. The van der Waals surface area contributed by atoms with Crippen LogP contribution >= 0.6 is 23.1 Å². The average Bonchev–Trinajstić information content (AvgIpc) is 3.02. The zero-order chi connectivity index (χ0) is 15.2. The normalized spacial score (nSPS) is 18.1. The monoisotopic (exact) mass is 339 g/mol. The zero-order valence-corrected chi connectivity index (χ0v) is 13.8. The van der Waals surface area contributed by atoms with Crippen molar-refractivity contribution in [3.8, 4) is 5.75 Å². The molecule has 0 saturated carbocycles. The van der Waals surface area contributed by atoms with Crippen LogP contribution in [0.25, 0.3) is 0 Å². The van der Waals surface area contributed by atoms with E-state index in [1.807, 2.05) is 24.3 Å². The molecule has 22 heavy (non-hydrogen) atoms. The van der Waals surface area contributed by atoms with Crippen molar-refractivity contribution in [2.24, 2.45) is 0 Å². The Morgan fingerprint density at radius 3 is 3.14 bits per heavy atom. The maximum absolute atomic E-state index is 5.51. The highest BCUT2D eigenvalue weighted by atomic mass is 32.2.